The molecule has 162 valence electrons. The number of nitrogens with zero attached hydrogens (tertiary/aromatic N) is 4. The monoisotopic (exact) mass is 468 g/mol. The van der Waals surface area contributed by atoms with E-state index in [0.29, 0.717) is 22.8 Å². The van der Waals surface area contributed by atoms with Gasteiger partial charge in [-0.15, -0.1) is 0 Å². The quantitative estimate of drug-likeness (QED) is 0.429. The summed E-state index contributed by atoms with van der Waals surface area (Å²) in [5, 5.41) is 7.54. The fraction of sp³-hybridized carbons (Fsp3) is 0.0476. The molecule has 0 atom stereocenters. The van der Waals surface area contributed by atoms with Gasteiger partial charge in [-0.3, -0.25) is 9.48 Å². The minimum atomic E-state index is -3.85. The molecule has 0 fully saturated rings. The first-order valence-electron chi connectivity index (χ1n) is 9.38. The number of amides is 1. The fourth-order valence-corrected chi connectivity index (χ4v) is 3.97. The Balaban J connectivity index is 1.41. The van der Waals surface area contributed by atoms with Gasteiger partial charge in [0.2, 0.25) is 5.95 Å². The summed E-state index contributed by atoms with van der Waals surface area (Å²) in [4.78, 5) is 20.2. The topological polar surface area (TPSA) is 119 Å². The van der Waals surface area contributed by atoms with E-state index in [1.54, 1.807) is 23.0 Å². The normalized spacial score (nSPS) is 11.2. The van der Waals surface area contributed by atoms with E-state index < -0.39 is 10.0 Å². The highest BCUT2D eigenvalue weighted by Gasteiger charge is 2.16. The predicted molar refractivity (Wildman–Crippen MR) is 120 cm³/mol. The average molecular weight is 469 g/mol. The van der Waals surface area contributed by atoms with Crippen molar-refractivity contribution in [1.82, 2.24) is 19.7 Å². The zero-order valence-corrected chi connectivity index (χ0v) is 18.1. The molecule has 0 aliphatic heterocycles. The van der Waals surface area contributed by atoms with Crippen molar-refractivity contribution < 1.29 is 13.2 Å². The van der Waals surface area contributed by atoms with Crippen LogP contribution in [0.1, 0.15) is 15.9 Å². The average Bonchev–Trinajstić information content (AvgIpc) is 3.25. The maximum atomic E-state index is 12.5. The Morgan fingerprint density at radius 3 is 2.44 bits per heavy atom. The number of carbonyl (C=O) groups is 1. The molecule has 0 aliphatic carbocycles. The molecule has 11 heteroatoms. The molecule has 4 aromatic rings. The first kappa shape index (κ1) is 21.5. The standard InChI is InChI=1S/C21H17ClN6O3S/c22-19-5-2-1-4-15(19)13-28-14-16(12-25-28)20(29)26-17-6-8-18(9-7-17)32(30,31)27-21-23-10-3-11-24-21/h1-12,14H,13H2,(H,26,29)(H,23,24,27). The van der Waals surface area contributed by atoms with Gasteiger partial charge in [0.1, 0.15) is 0 Å². The van der Waals surface area contributed by atoms with Gasteiger partial charge in [0, 0.05) is 29.3 Å². The van der Waals surface area contributed by atoms with Crippen LogP contribution in [0.3, 0.4) is 0 Å². The zero-order chi connectivity index (χ0) is 22.6. The lowest BCUT2D eigenvalue weighted by molar-refractivity contribution is 0.102. The molecule has 1 amide bonds. The Labute approximate surface area is 189 Å². The Bertz CT molecular complexity index is 1340. The highest BCUT2D eigenvalue weighted by atomic mass is 35.5. The summed E-state index contributed by atoms with van der Waals surface area (Å²) in [6.45, 7) is 0.428. The minimum absolute atomic E-state index is 0.00973. The molecule has 0 aliphatic rings. The first-order valence-corrected chi connectivity index (χ1v) is 11.2. The van der Waals surface area contributed by atoms with Crippen LogP contribution in [0.5, 0.6) is 0 Å². The third-order valence-electron chi connectivity index (χ3n) is 4.40. The van der Waals surface area contributed by atoms with Crippen molar-refractivity contribution in [2.45, 2.75) is 11.4 Å². The van der Waals surface area contributed by atoms with Gasteiger partial charge in [-0.05, 0) is 42.0 Å². The van der Waals surface area contributed by atoms with Crippen LogP contribution in [0.15, 0.2) is 84.3 Å². The summed E-state index contributed by atoms with van der Waals surface area (Å²) in [5.41, 5.74) is 1.68. The molecule has 0 bridgehead atoms. The number of anilines is 2. The van der Waals surface area contributed by atoms with E-state index in [0.717, 1.165) is 5.56 Å². The number of hydrogen-bond acceptors (Lipinski definition) is 6. The molecule has 0 spiro atoms. The molecular weight excluding hydrogens is 452 g/mol. The SMILES string of the molecule is O=C(Nc1ccc(S(=O)(=O)Nc2ncccn2)cc1)c1cnn(Cc2ccccc2Cl)c1. The van der Waals surface area contributed by atoms with E-state index in [4.69, 9.17) is 11.6 Å². The van der Waals surface area contributed by atoms with Gasteiger partial charge >= 0.3 is 0 Å². The number of benzene rings is 2. The number of rotatable bonds is 7. The number of halogens is 1. The van der Waals surface area contributed by atoms with Crippen LogP contribution in [0.4, 0.5) is 11.6 Å². The van der Waals surface area contributed by atoms with Crippen molar-refractivity contribution in [1.29, 1.82) is 0 Å². The largest absolute Gasteiger partial charge is 0.322 e. The van der Waals surface area contributed by atoms with Gasteiger partial charge in [-0.1, -0.05) is 29.8 Å². The molecule has 0 saturated carbocycles. The summed E-state index contributed by atoms with van der Waals surface area (Å²) < 4.78 is 28.8. The van der Waals surface area contributed by atoms with Crippen LogP contribution >= 0.6 is 11.6 Å². The smallest absolute Gasteiger partial charge is 0.264 e. The van der Waals surface area contributed by atoms with Crippen LogP contribution in [0.2, 0.25) is 5.02 Å². The third kappa shape index (κ3) is 5.10. The van der Waals surface area contributed by atoms with Gasteiger partial charge in [-0.2, -0.15) is 5.10 Å². The van der Waals surface area contributed by atoms with E-state index in [1.165, 1.54) is 42.9 Å². The van der Waals surface area contributed by atoms with Crippen LogP contribution in [-0.2, 0) is 16.6 Å². The van der Waals surface area contributed by atoms with Crippen molar-refractivity contribution in [3.63, 3.8) is 0 Å². The van der Waals surface area contributed by atoms with Gasteiger partial charge in [0.05, 0.1) is 23.2 Å². The highest BCUT2D eigenvalue weighted by molar-refractivity contribution is 7.92. The molecule has 0 saturated heterocycles. The number of aromatic nitrogens is 4. The Kier molecular flexibility index (Phi) is 6.15. The lowest BCUT2D eigenvalue weighted by Gasteiger charge is -2.08. The minimum Gasteiger partial charge on any atom is -0.322 e. The molecule has 2 heterocycles. The number of nitrogens with one attached hydrogen (secondary N) is 2. The molecule has 2 aromatic heterocycles. The molecule has 9 nitrogen and oxygen atoms in total. The van der Waals surface area contributed by atoms with E-state index >= 15 is 0 Å². The number of sulfonamides is 1. The second-order valence-corrected chi connectivity index (χ2v) is 8.76. The number of hydrogen-bond donors (Lipinski definition) is 2. The molecule has 2 aromatic carbocycles. The van der Waals surface area contributed by atoms with Crippen molar-refractivity contribution >= 4 is 39.2 Å². The first-order chi connectivity index (χ1) is 15.4. The predicted octanol–water partition coefficient (Wildman–Crippen LogP) is 3.43. The summed E-state index contributed by atoms with van der Waals surface area (Å²) in [6.07, 6.45) is 5.93. The van der Waals surface area contributed by atoms with Crippen molar-refractivity contribution in [3.8, 4) is 0 Å². The zero-order valence-electron chi connectivity index (χ0n) is 16.5. The Morgan fingerprint density at radius 2 is 1.72 bits per heavy atom. The van der Waals surface area contributed by atoms with Crippen LogP contribution in [-0.4, -0.2) is 34.1 Å². The fourth-order valence-electron chi connectivity index (χ4n) is 2.82. The van der Waals surface area contributed by atoms with Crippen molar-refractivity contribution in [2.24, 2.45) is 0 Å². The maximum absolute atomic E-state index is 12.5. The van der Waals surface area contributed by atoms with Gasteiger partial charge in [-0.25, -0.2) is 23.1 Å². The second-order valence-electron chi connectivity index (χ2n) is 6.67. The molecular formula is C21H17ClN6O3S. The van der Waals surface area contributed by atoms with Crippen molar-refractivity contribution in [3.05, 3.63) is 95.5 Å². The molecule has 0 unspecified atom stereocenters. The highest BCUT2D eigenvalue weighted by Crippen LogP contribution is 2.18. The molecule has 4 rings (SSSR count). The second kappa shape index (κ2) is 9.16. The van der Waals surface area contributed by atoms with Crippen molar-refractivity contribution in [2.75, 3.05) is 10.0 Å². The summed E-state index contributed by atoms with van der Waals surface area (Å²) >= 11 is 6.17. The molecule has 2 N–H and O–H groups in total. The van der Waals surface area contributed by atoms with Gasteiger partial charge < -0.3 is 5.32 Å². The lowest BCUT2D eigenvalue weighted by atomic mass is 10.2. The Hall–Kier alpha value is -3.76. The van der Waals surface area contributed by atoms with Gasteiger partial charge in [0.15, 0.2) is 0 Å². The van der Waals surface area contributed by atoms with E-state index in [9.17, 15) is 13.2 Å². The summed E-state index contributed by atoms with van der Waals surface area (Å²) in [7, 11) is -3.85. The molecule has 32 heavy (non-hydrogen) atoms. The van der Waals surface area contributed by atoms with E-state index in [2.05, 4.69) is 25.1 Å². The maximum Gasteiger partial charge on any atom is 0.264 e. The van der Waals surface area contributed by atoms with E-state index in [1.807, 2.05) is 18.2 Å². The van der Waals surface area contributed by atoms with E-state index in [-0.39, 0.29) is 16.8 Å². The molecule has 0 radical (unpaired) electrons. The number of carbonyl (C=O) groups excluding carboxylic acids is 1. The van der Waals surface area contributed by atoms with Crippen LogP contribution in [0.25, 0.3) is 0 Å². The third-order valence-corrected chi connectivity index (χ3v) is 6.11. The summed E-state index contributed by atoms with van der Waals surface area (Å²) in [6, 6.07) is 14.7. The Morgan fingerprint density at radius 1 is 1.00 bits per heavy atom. The van der Waals surface area contributed by atoms with Gasteiger partial charge in [0.25, 0.3) is 15.9 Å². The van der Waals surface area contributed by atoms with Crippen LogP contribution in [0, 0.1) is 0 Å². The summed E-state index contributed by atoms with van der Waals surface area (Å²) in [5.74, 6) is -0.402. The van der Waals surface area contributed by atoms with Crippen LogP contribution < -0.4 is 10.0 Å². The lowest BCUT2D eigenvalue weighted by Crippen LogP contribution is -2.15.